The smallest absolute Gasteiger partial charge is 0.256 e. The van der Waals surface area contributed by atoms with Crippen molar-refractivity contribution in [3.05, 3.63) is 53.3 Å². The first-order valence-electron chi connectivity index (χ1n) is 10.9. The van der Waals surface area contributed by atoms with Gasteiger partial charge in [-0.05, 0) is 81.9 Å². The van der Waals surface area contributed by atoms with Crippen LogP contribution in [0.25, 0.3) is 16.9 Å². The minimum Gasteiger partial charge on any atom is -0.352 e. The molecular weight excluding hydrogens is 374 g/mol. The van der Waals surface area contributed by atoms with E-state index in [-0.39, 0.29) is 5.91 Å². The molecule has 0 bridgehead atoms. The number of carbonyl (C=O) groups is 1. The molecule has 0 saturated carbocycles. The predicted octanol–water partition coefficient (Wildman–Crippen LogP) is 3.86. The summed E-state index contributed by atoms with van der Waals surface area (Å²) >= 11 is 0. The fourth-order valence-corrected chi connectivity index (χ4v) is 4.06. The zero-order valence-corrected chi connectivity index (χ0v) is 18.2. The molecule has 2 aromatic heterocycles. The van der Waals surface area contributed by atoms with Crippen LogP contribution >= 0.6 is 0 Å². The fourth-order valence-electron chi connectivity index (χ4n) is 4.06. The van der Waals surface area contributed by atoms with E-state index in [9.17, 15) is 4.79 Å². The second kappa shape index (κ2) is 8.96. The number of hydrogen-bond donors (Lipinski definition) is 1. The lowest BCUT2D eigenvalue weighted by atomic mass is 9.99. The van der Waals surface area contributed by atoms with Crippen molar-refractivity contribution in [1.29, 1.82) is 0 Å². The van der Waals surface area contributed by atoms with Gasteiger partial charge >= 0.3 is 0 Å². The molecule has 1 saturated heterocycles. The quantitative estimate of drug-likeness (QED) is 0.633. The first kappa shape index (κ1) is 20.5. The highest BCUT2D eigenvalue weighted by atomic mass is 16.1. The maximum atomic E-state index is 12.7. The molecule has 1 aromatic carbocycles. The van der Waals surface area contributed by atoms with Crippen molar-refractivity contribution in [2.75, 3.05) is 26.2 Å². The van der Waals surface area contributed by atoms with Crippen LogP contribution in [0, 0.1) is 19.8 Å². The van der Waals surface area contributed by atoms with Crippen LogP contribution in [0.1, 0.15) is 47.7 Å². The standard InChI is InChI=1S/C24H31N5O/c1-17-8-13-28(14-9-17)12-4-10-26-24(30)21-16-27-29-22(7-11-25-23(21)29)20-6-5-18(2)19(3)15-20/h5-7,11,15-17H,4,8-10,12-14H2,1-3H3,(H,26,30). The van der Waals surface area contributed by atoms with Crippen LogP contribution < -0.4 is 5.32 Å². The number of fused-ring (bicyclic) bond motifs is 1. The third-order valence-corrected chi connectivity index (χ3v) is 6.26. The van der Waals surface area contributed by atoms with Crippen LogP contribution in [0.5, 0.6) is 0 Å². The van der Waals surface area contributed by atoms with Crippen LogP contribution in [0.2, 0.25) is 0 Å². The minimum atomic E-state index is -0.109. The third-order valence-electron chi connectivity index (χ3n) is 6.26. The van der Waals surface area contributed by atoms with Gasteiger partial charge in [-0.2, -0.15) is 5.10 Å². The zero-order chi connectivity index (χ0) is 21.1. The van der Waals surface area contributed by atoms with Crippen molar-refractivity contribution in [3.63, 3.8) is 0 Å². The van der Waals surface area contributed by atoms with E-state index in [4.69, 9.17) is 0 Å². The monoisotopic (exact) mass is 405 g/mol. The van der Waals surface area contributed by atoms with E-state index in [1.807, 2.05) is 6.07 Å². The predicted molar refractivity (Wildman–Crippen MR) is 120 cm³/mol. The summed E-state index contributed by atoms with van der Waals surface area (Å²) in [7, 11) is 0. The SMILES string of the molecule is Cc1ccc(-c2ccnc3c(C(=O)NCCCN4CCC(C)CC4)cnn23)cc1C. The molecule has 6 nitrogen and oxygen atoms in total. The molecular formula is C24H31N5O. The summed E-state index contributed by atoms with van der Waals surface area (Å²) in [6.07, 6.45) is 6.89. The molecule has 0 unspecified atom stereocenters. The molecule has 0 radical (unpaired) electrons. The summed E-state index contributed by atoms with van der Waals surface area (Å²) in [6.45, 7) is 10.6. The van der Waals surface area contributed by atoms with Crippen molar-refractivity contribution < 1.29 is 4.79 Å². The topological polar surface area (TPSA) is 62.5 Å². The molecule has 6 heteroatoms. The van der Waals surface area contributed by atoms with Gasteiger partial charge in [-0.1, -0.05) is 19.1 Å². The van der Waals surface area contributed by atoms with E-state index in [2.05, 4.69) is 59.3 Å². The summed E-state index contributed by atoms with van der Waals surface area (Å²) in [4.78, 5) is 19.7. The van der Waals surface area contributed by atoms with Crippen LogP contribution in [-0.4, -0.2) is 51.6 Å². The van der Waals surface area contributed by atoms with Crippen molar-refractivity contribution in [2.45, 2.75) is 40.0 Å². The Morgan fingerprint density at radius 3 is 2.73 bits per heavy atom. The summed E-state index contributed by atoms with van der Waals surface area (Å²) in [6, 6.07) is 8.27. The average Bonchev–Trinajstić information content (AvgIpc) is 3.19. The third kappa shape index (κ3) is 4.38. The minimum absolute atomic E-state index is 0.109. The number of carbonyl (C=O) groups excluding carboxylic acids is 1. The van der Waals surface area contributed by atoms with Crippen LogP contribution in [-0.2, 0) is 0 Å². The fraction of sp³-hybridized carbons (Fsp3) is 0.458. The lowest BCUT2D eigenvalue weighted by Gasteiger charge is -2.30. The van der Waals surface area contributed by atoms with Gasteiger partial charge in [0.05, 0.1) is 11.9 Å². The zero-order valence-electron chi connectivity index (χ0n) is 18.2. The molecule has 1 aliphatic rings. The molecule has 4 rings (SSSR count). The average molecular weight is 406 g/mol. The number of piperidine rings is 1. The summed E-state index contributed by atoms with van der Waals surface area (Å²) in [5.41, 5.74) is 5.59. The molecule has 3 aromatic rings. The van der Waals surface area contributed by atoms with Gasteiger partial charge in [0, 0.05) is 18.3 Å². The second-order valence-corrected chi connectivity index (χ2v) is 8.56. The van der Waals surface area contributed by atoms with Gasteiger partial charge in [0.25, 0.3) is 5.91 Å². The van der Waals surface area contributed by atoms with E-state index in [1.165, 1.54) is 37.1 Å². The van der Waals surface area contributed by atoms with Gasteiger partial charge in [0.1, 0.15) is 5.56 Å². The number of likely N-dealkylation sites (tertiary alicyclic amines) is 1. The van der Waals surface area contributed by atoms with Gasteiger partial charge in [-0.15, -0.1) is 0 Å². The Hall–Kier alpha value is -2.73. The van der Waals surface area contributed by atoms with Crippen molar-refractivity contribution in [2.24, 2.45) is 5.92 Å². The van der Waals surface area contributed by atoms with E-state index in [0.29, 0.717) is 17.8 Å². The van der Waals surface area contributed by atoms with E-state index in [1.54, 1.807) is 16.9 Å². The number of amides is 1. The summed E-state index contributed by atoms with van der Waals surface area (Å²) < 4.78 is 1.76. The number of hydrogen-bond acceptors (Lipinski definition) is 4. The van der Waals surface area contributed by atoms with Crippen LogP contribution in [0.4, 0.5) is 0 Å². The highest BCUT2D eigenvalue weighted by Gasteiger charge is 2.17. The Kier molecular flexibility index (Phi) is 6.13. The summed E-state index contributed by atoms with van der Waals surface area (Å²) in [5.74, 6) is 0.736. The molecule has 0 aliphatic carbocycles. The van der Waals surface area contributed by atoms with Crippen molar-refractivity contribution in [1.82, 2.24) is 24.8 Å². The number of aromatic nitrogens is 3. The Balaban J connectivity index is 1.42. The van der Waals surface area contributed by atoms with Crippen LogP contribution in [0.15, 0.2) is 36.7 Å². The van der Waals surface area contributed by atoms with E-state index < -0.39 is 0 Å². The lowest BCUT2D eigenvalue weighted by molar-refractivity contribution is 0.0952. The molecule has 0 spiro atoms. The number of nitrogens with one attached hydrogen (secondary N) is 1. The molecule has 1 N–H and O–H groups in total. The van der Waals surface area contributed by atoms with E-state index >= 15 is 0 Å². The Labute approximate surface area is 178 Å². The number of benzene rings is 1. The number of aryl methyl sites for hydroxylation is 2. The van der Waals surface area contributed by atoms with Gasteiger partial charge in [-0.3, -0.25) is 4.79 Å². The van der Waals surface area contributed by atoms with Gasteiger partial charge in [0.2, 0.25) is 0 Å². The highest BCUT2D eigenvalue weighted by molar-refractivity contribution is 5.99. The Morgan fingerprint density at radius 2 is 1.97 bits per heavy atom. The molecule has 3 heterocycles. The van der Waals surface area contributed by atoms with Crippen molar-refractivity contribution in [3.8, 4) is 11.3 Å². The van der Waals surface area contributed by atoms with Crippen LogP contribution in [0.3, 0.4) is 0 Å². The largest absolute Gasteiger partial charge is 0.352 e. The normalized spacial score (nSPS) is 15.6. The summed E-state index contributed by atoms with van der Waals surface area (Å²) in [5, 5.41) is 7.50. The first-order valence-corrected chi connectivity index (χ1v) is 10.9. The van der Waals surface area contributed by atoms with Gasteiger partial charge < -0.3 is 10.2 Å². The number of rotatable bonds is 6. The lowest BCUT2D eigenvalue weighted by Crippen LogP contribution is -2.35. The van der Waals surface area contributed by atoms with Crippen molar-refractivity contribution >= 4 is 11.6 Å². The number of nitrogens with zero attached hydrogens (tertiary/aromatic N) is 4. The molecule has 1 aliphatic heterocycles. The molecule has 0 atom stereocenters. The second-order valence-electron chi connectivity index (χ2n) is 8.56. The molecule has 1 amide bonds. The first-order chi connectivity index (χ1) is 14.5. The molecule has 30 heavy (non-hydrogen) atoms. The van der Waals surface area contributed by atoms with Gasteiger partial charge in [0.15, 0.2) is 5.65 Å². The Bertz CT molecular complexity index is 1030. The maximum Gasteiger partial charge on any atom is 0.256 e. The van der Waals surface area contributed by atoms with E-state index in [0.717, 1.165) is 30.1 Å². The highest BCUT2D eigenvalue weighted by Crippen LogP contribution is 2.23. The molecule has 158 valence electrons. The van der Waals surface area contributed by atoms with Gasteiger partial charge in [-0.25, -0.2) is 9.50 Å². The molecule has 1 fully saturated rings. The maximum absolute atomic E-state index is 12.7. The Morgan fingerprint density at radius 1 is 1.17 bits per heavy atom.